The average Bonchev–Trinajstić information content (AvgIpc) is 2.45. The number of rotatable bonds is 8. The molecular weight excluding hydrogens is 260 g/mol. The second-order valence-electron chi connectivity index (χ2n) is 3.94. The summed E-state index contributed by atoms with van der Waals surface area (Å²) in [5, 5.41) is 5.76. The second-order valence-corrected chi connectivity index (χ2v) is 3.94. The number of likely N-dealkylation sites (N-methyl/N-ethyl adjacent to an activating group) is 2. The number of anilines is 2. The van der Waals surface area contributed by atoms with Gasteiger partial charge in [-0.15, -0.1) is 0 Å². The van der Waals surface area contributed by atoms with Gasteiger partial charge in [0, 0.05) is 19.6 Å². The largest absolute Gasteiger partial charge is 0.467 e. The Labute approximate surface area is 119 Å². The number of hydrogen-bond acceptors (Lipinski definition) is 7. The van der Waals surface area contributed by atoms with Crippen LogP contribution in [0, 0.1) is 0 Å². The van der Waals surface area contributed by atoms with Gasteiger partial charge in [-0.25, -0.2) is 0 Å². The first-order valence-electron chi connectivity index (χ1n) is 6.70. The summed E-state index contributed by atoms with van der Waals surface area (Å²) in [6.07, 6.45) is 0. The van der Waals surface area contributed by atoms with Gasteiger partial charge in [0.15, 0.2) is 0 Å². The van der Waals surface area contributed by atoms with Crippen LogP contribution in [0.2, 0.25) is 0 Å². The minimum atomic E-state index is -0.0706. The molecule has 1 heterocycles. The number of methoxy groups -OCH3 is 1. The summed E-state index contributed by atoms with van der Waals surface area (Å²) in [5.74, 6) is 0.781. The smallest absolute Gasteiger partial charge is 0.322 e. The number of carbonyl (C=O) groups is 1. The number of aromatic nitrogens is 3. The standard InChI is InChI=1S/C12H22N6O2/c1-5-13-9(19)8-18(7-3)11-15-10(14-6-2)16-12(17-11)20-4/h5-8H2,1-4H3,(H,13,19)(H,14,15,16,17). The Hall–Kier alpha value is -2.12. The van der Waals surface area contributed by atoms with Crippen LogP contribution in [0.15, 0.2) is 0 Å². The molecule has 2 N–H and O–H groups in total. The van der Waals surface area contributed by atoms with Crippen molar-refractivity contribution >= 4 is 17.8 Å². The maximum absolute atomic E-state index is 11.7. The minimum Gasteiger partial charge on any atom is -0.467 e. The molecule has 0 aliphatic heterocycles. The molecule has 0 bridgehead atoms. The molecule has 0 aromatic carbocycles. The second kappa shape index (κ2) is 8.13. The van der Waals surface area contributed by atoms with Gasteiger partial charge in [-0.05, 0) is 20.8 Å². The molecule has 0 atom stereocenters. The van der Waals surface area contributed by atoms with Crippen LogP contribution in [0.4, 0.5) is 11.9 Å². The zero-order chi connectivity index (χ0) is 15.0. The molecule has 20 heavy (non-hydrogen) atoms. The highest BCUT2D eigenvalue weighted by Crippen LogP contribution is 2.14. The van der Waals surface area contributed by atoms with Crippen molar-refractivity contribution in [2.24, 2.45) is 0 Å². The van der Waals surface area contributed by atoms with Gasteiger partial charge < -0.3 is 20.3 Å². The SMILES string of the molecule is CCNC(=O)CN(CC)c1nc(NCC)nc(OC)n1. The van der Waals surface area contributed by atoms with Gasteiger partial charge in [0.25, 0.3) is 0 Å². The van der Waals surface area contributed by atoms with Crippen molar-refractivity contribution < 1.29 is 9.53 Å². The molecule has 0 fully saturated rings. The molecule has 8 heteroatoms. The fourth-order valence-corrected chi connectivity index (χ4v) is 1.57. The number of nitrogens with zero attached hydrogens (tertiary/aromatic N) is 4. The van der Waals surface area contributed by atoms with Crippen LogP contribution >= 0.6 is 0 Å². The Balaban J connectivity index is 2.95. The maximum Gasteiger partial charge on any atom is 0.322 e. The van der Waals surface area contributed by atoms with Gasteiger partial charge >= 0.3 is 6.01 Å². The third kappa shape index (κ3) is 4.52. The van der Waals surface area contributed by atoms with Crippen molar-refractivity contribution in [1.29, 1.82) is 0 Å². The predicted octanol–water partition coefficient (Wildman–Crippen LogP) is 0.274. The minimum absolute atomic E-state index is 0.0706. The predicted molar refractivity (Wildman–Crippen MR) is 77.1 cm³/mol. The number of nitrogens with one attached hydrogen (secondary N) is 2. The van der Waals surface area contributed by atoms with Crippen LogP contribution < -0.4 is 20.3 Å². The third-order valence-electron chi connectivity index (χ3n) is 2.49. The molecule has 8 nitrogen and oxygen atoms in total. The van der Waals surface area contributed by atoms with E-state index in [4.69, 9.17) is 4.74 Å². The van der Waals surface area contributed by atoms with Crippen LogP contribution in [0.5, 0.6) is 6.01 Å². The van der Waals surface area contributed by atoms with Crippen LogP contribution in [-0.2, 0) is 4.79 Å². The first kappa shape index (κ1) is 15.9. The van der Waals surface area contributed by atoms with E-state index in [1.165, 1.54) is 7.11 Å². The Morgan fingerprint density at radius 1 is 1.20 bits per heavy atom. The molecule has 0 saturated carbocycles. The van der Waals surface area contributed by atoms with E-state index >= 15 is 0 Å². The Morgan fingerprint density at radius 3 is 2.50 bits per heavy atom. The van der Waals surface area contributed by atoms with Crippen LogP contribution in [0.3, 0.4) is 0 Å². The van der Waals surface area contributed by atoms with Gasteiger partial charge in [0.05, 0.1) is 13.7 Å². The lowest BCUT2D eigenvalue weighted by Gasteiger charge is -2.20. The van der Waals surface area contributed by atoms with Gasteiger partial charge in [0.2, 0.25) is 17.8 Å². The van der Waals surface area contributed by atoms with Gasteiger partial charge in [-0.3, -0.25) is 4.79 Å². The van der Waals surface area contributed by atoms with Crippen LogP contribution in [0.1, 0.15) is 20.8 Å². The summed E-state index contributed by atoms with van der Waals surface area (Å²) in [6.45, 7) is 7.85. The average molecular weight is 282 g/mol. The Kier molecular flexibility index (Phi) is 6.48. The highest BCUT2D eigenvalue weighted by Gasteiger charge is 2.15. The number of amides is 1. The molecule has 1 aromatic heterocycles. The van der Waals surface area contributed by atoms with Crippen molar-refractivity contribution in [2.45, 2.75) is 20.8 Å². The highest BCUT2D eigenvalue weighted by atomic mass is 16.5. The van der Waals surface area contributed by atoms with Crippen molar-refractivity contribution in [2.75, 3.05) is 43.5 Å². The van der Waals surface area contributed by atoms with Crippen molar-refractivity contribution in [3.05, 3.63) is 0 Å². The molecule has 1 amide bonds. The van der Waals surface area contributed by atoms with E-state index in [1.54, 1.807) is 4.90 Å². The molecule has 0 spiro atoms. The first-order valence-corrected chi connectivity index (χ1v) is 6.70. The summed E-state index contributed by atoms with van der Waals surface area (Å²) in [4.78, 5) is 26.0. The fourth-order valence-electron chi connectivity index (χ4n) is 1.57. The normalized spacial score (nSPS) is 10.0. The van der Waals surface area contributed by atoms with Crippen LogP contribution in [-0.4, -0.2) is 54.1 Å². The summed E-state index contributed by atoms with van der Waals surface area (Å²) in [6, 6.07) is 0.222. The van der Waals surface area contributed by atoms with E-state index in [0.29, 0.717) is 31.5 Å². The number of ether oxygens (including phenoxy) is 1. The number of carbonyl (C=O) groups excluding carboxylic acids is 1. The monoisotopic (exact) mass is 282 g/mol. The zero-order valence-electron chi connectivity index (χ0n) is 12.4. The molecule has 0 aliphatic rings. The fraction of sp³-hybridized carbons (Fsp3) is 0.667. The first-order chi connectivity index (χ1) is 9.64. The maximum atomic E-state index is 11.7. The van der Waals surface area contributed by atoms with E-state index in [2.05, 4.69) is 25.6 Å². The quantitative estimate of drug-likeness (QED) is 0.707. The molecule has 0 radical (unpaired) electrons. The summed E-state index contributed by atoms with van der Waals surface area (Å²) in [5.41, 5.74) is 0. The molecule has 1 rings (SSSR count). The lowest BCUT2D eigenvalue weighted by molar-refractivity contribution is -0.119. The molecule has 1 aromatic rings. The Bertz CT molecular complexity index is 440. The highest BCUT2D eigenvalue weighted by molar-refractivity contribution is 5.80. The van der Waals surface area contributed by atoms with Gasteiger partial charge in [-0.2, -0.15) is 15.0 Å². The van der Waals surface area contributed by atoms with E-state index in [-0.39, 0.29) is 18.5 Å². The van der Waals surface area contributed by atoms with Crippen molar-refractivity contribution in [3.8, 4) is 6.01 Å². The topological polar surface area (TPSA) is 92.3 Å². The molecule has 0 unspecified atom stereocenters. The summed E-state index contributed by atoms with van der Waals surface area (Å²) in [7, 11) is 1.49. The van der Waals surface area contributed by atoms with Crippen LogP contribution in [0.25, 0.3) is 0 Å². The van der Waals surface area contributed by atoms with Crippen molar-refractivity contribution in [3.63, 3.8) is 0 Å². The lowest BCUT2D eigenvalue weighted by atomic mass is 10.4. The molecule has 0 saturated heterocycles. The Morgan fingerprint density at radius 2 is 1.95 bits per heavy atom. The molecule has 112 valence electrons. The summed E-state index contributed by atoms with van der Waals surface area (Å²) < 4.78 is 5.06. The van der Waals surface area contributed by atoms with E-state index in [0.717, 1.165) is 0 Å². The van der Waals surface area contributed by atoms with E-state index in [1.807, 2.05) is 20.8 Å². The zero-order valence-corrected chi connectivity index (χ0v) is 12.4. The van der Waals surface area contributed by atoms with Gasteiger partial charge in [0.1, 0.15) is 0 Å². The molecular formula is C12H22N6O2. The van der Waals surface area contributed by atoms with Gasteiger partial charge in [-0.1, -0.05) is 0 Å². The number of hydrogen-bond donors (Lipinski definition) is 2. The molecule has 0 aliphatic carbocycles. The van der Waals surface area contributed by atoms with E-state index in [9.17, 15) is 4.79 Å². The van der Waals surface area contributed by atoms with Crippen molar-refractivity contribution in [1.82, 2.24) is 20.3 Å². The van der Waals surface area contributed by atoms with E-state index < -0.39 is 0 Å². The third-order valence-corrected chi connectivity index (χ3v) is 2.49. The lowest BCUT2D eigenvalue weighted by Crippen LogP contribution is -2.38. The summed E-state index contributed by atoms with van der Waals surface area (Å²) >= 11 is 0.